The second-order valence-electron chi connectivity index (χ2n) is 5.98. The van der Waals surface area contributed by atoms with Gasteiger partial charge in [-0.1, -0.05) is 32.6 Å². The molecular formula is C14H20O3. The van der Waals surface area contributed by atoms with Crippen LogP contribution in [0.4, 0.5) is 0 Å². The molecule has 94 valence electrons. The molecule has 1 aliphatic heterocycles. The molecule has 1 heterocycles. The lowest BCUT2D eigenvalue weighted by Gasteiger charge is -2.58. The Morgan fingerprint density at radius 1 is 1.24 bits per heavy atom. The summed E-state index contributed by atoms with van der Waals surface area (Å²) in [6.45, 7) is 2.17. The SMILES string of the molecule is CCCC[C@H]1C[C@@]23CCCC[C@@]12C(=O)OC3=O. The summed E-state index contributed by atoms with van der Waals surface area (Å²) in [5, 5.41) is 0. The fraction of sp³-hybridized carbons (Fsp3) is 0.857. The first kappa shape index (κ1) is 11.2. The van der Waals surface area contributed by atoms with Gasteiger partial charge in [0.25, 0.3) is 0 Å². The van der Waals surface area contributed by atoms with Crippen molar-refractivity contribution in [3.8, 4) is 0 Å². The number of unbranched alkanes of at least 4 members (excludes halogenated alkanes) is 1. The molecule has 3 rings (SSSR count). The molecule has 0 aromatic heterocycles. The Hall–Kier alpha value is -0.860. The molecule has 0 radical (unpaired) electrons. The lowest BCUT2D eigenvalue weighted by molar-refractivity contribution is -0.178. The van der Waals surface area contributed by atoms with Gasteiger partial charge in [0.15, 0.2) is 0 Å². The summed E-state index contributed by atoms with van der Waals surface area (Å²) < 4.78 is 5.01. The third-order valence-electron chi connectivity index (χ3n) is 5.42. The number of hydrogen-bond donors (Lipinski definition) is 0. The number of carbonyl (C=O) groups excluding carboxylic acids is 2. The molecule has 0 aromatic rings. The zero-order valence-corrected chi connectivity index (χ0v) is 10.5. The van der Waals surface area contributed by atoms with Crippen molar-refractivity contribution >= 4 is 11.9 Å². The molecule has 2 aliphatic carbocycles. The third-order valence-corrected chi connectivity index (χ3v) is 5.42. The van der Waals surface area contributed by atoms with Gasteiger partial charge in [-0.05, 0) is 31.6 Å². The molecule has 3 fully saturated rings. The first-order chi connectivity index (χ1) is 8.17. The highest BCUT2D eigenvalue weighted by Gasteiger charge is 2.78. The van der Waals surface area contributed by atoms with Gasteiger partial charge in [-0.25, -0.2) is 0 Å². The van der Waals surface area contributed by atoms with Gasteiger partial charge in [-0.3, -0.25) is 9.59 Å². The number of hydrogen-bond acceptors (Lipinski definition) is 3. The zero-order chi connectivity index (χ0) is 12.1. The second-order valence-corrected chi connectivity index (χ2v) is 5.98. The average molecular weight is 236 g/mol. The van der Waals surface area contributed by atoms with E-state index in [0.29, 0.717) is 5.92 Å². The number of cyclic esters (lactones) is 2. The van der Waals surface area contributed by atoms with Crippen LogP contribution in [0.25, 0.3) is 0 Å². The molecule has 1 saturated heterocycles. The lowest BCUT2D eigenvalue weighted by atomic mass is 9.39. The van der Waals surface area contributed by atoms with Crippen LogP contribution in [0.2, 0.25) is 0 Å². The topological polar surface area (TPSA) is 43.4 Å². The van der Waals surface area contributed by atoms with Gasteiger partial charge in [0.1, 0.15) is 0 Å². The third kappa shape index (κ3) is 1.13. The number of esters is 2. The molecule has 2 saturated carbocycles. The minimum Gasteiger partial charge on any atom is -0.392 e. The molecular weight excluding hydrogens is 216 g/mol. The average Bonchev–Trinajstić information content (AvgIpc) is 2.47. The van der Waals surface area contributed by atoms with Gasteiger partial charge in [0.05, 0.1) is 10.8 Å². The predicted molar refractivity (Wildman–Crippen MR) is 62.1 cm³/mol. The van der Waals surface area contributed by atoms with E-state index in [4.69, 9.17) is 4.74 Å². The highest BCUT2D eigenvalue weighted by Crippen LogP contribution is 2.72. The van der Waals surface area contributed by atoms with Crippen molar-refractivity contribution in [2.45, 2.75) is 58.3 Å². The van der Waals surface area contributed by atoms with Crippen LogP contribution in [0, 0.1) is 16.7 Å². The summed E-state index contributed by atoms with van der Waals surface area (Å²) in [6, 6.07) is 0. The van der Waals surface area contributed by atoms with Gasteiger partial charge >= 0.3 is 11.9 Å². The summed E-state index contributed by atoms with van der Waals surface area (Å²) >= 11 is 0. The molecule has 3 heteroatoms. The normalized spacial score (nSPS) is 43.7. The van der Waals surface area contributed by atoms with Gasteiger partial charge in [-0.15, -0.1) is 0 Å². The van der Waals surface area contributed by atoms with E-state index >= 15 is 0 Å². The smallest absolute Gasteiger partial charge is 0.321 e. The molecule has 3 nitrogen and oxygen atoms in total. The maximum Gasteiger partial charge on any atom is 0.321 e. The molecule has 0 unspecified atom stereocenters. The van der Waals surface area contributed by atoms with E-state index in [2.05, 4.69) is 6.92 Å². The van der Waals surface area contributed by atoms with Crippen LogP contribution in [0.15, 0.2) is 0 Å². The van der Waals surface area contributed by atoms with Gasteiger partial charge in [0, 0.05) is 0 Å². The Balaban J connectivity index is 1.91. The van der Waals surface area contributed by atoms with Crippen molar-refractivity contribution in [2.75, 3.05) is 0 Å². The van der Waals surface area contributed by atoms with Crippen LogP contribution >= 0.6 is 0 Å². The lowest BCUT2D eigenvalue weighted by Crippen LogP contribution is -2.61. The monoisotopic (exact) mass is 236 g/mol. The molecule has 0 bridgehead atoms. The minimum absolute atomic E-state index is 0.199. The fourth-order valence-electron chi connectivity index (χ4n) is 4.54. The first-order valence-corrected chi connectivity index (χ1v) is 6.94. The maximum absolute atomic E-state index is 12.1. The van der Waals surface area contributed by atoms with E-state index in [1.807, 2.05) is 0 Å². The van der Waals surface area contributed by atoms with Crippen LogP contribution in [-0.2, 0) is 14.3 Å². The fourth-order valence-corrected chi connectivity index (χ4v) is 4.54. The second kappa shape index (κ2) is 3.56. The maximum atomic E-state index is 12.1. The van der Waals surface area contributed by atoms with E-state index in [9.17, 15) is 9.59 Å². The van der Waals surface area contributed by atoms with E-state index in [-0.39, 0.29) is 11.9 Å². The standard InChI is InChI=1S/C14H20O3/c1-2-3-6-10-9-13-7-4-5-8-14(10,13)12(16)17-11(13)15/h10H,2-9H2,1H3/t10-,13+,14-/m0/s1. The zero-order valence-electron chi connectivity index (χ0n) is 10.5. The molecule has 0 N–H and O–H groups in total. The van der Waals surface area contributed by atoms with Gasteiger partial charge < -0.3 is 4.74 Å². The highest BCUT2D eigenvalue weighted by atomic mass is 16.6. The highest BCUT2D eigenvalue weighted by molar-refractivity contribution is 6.04. The summed E-state index contributed by atoms with van der Waals surface area (Å²) in [7, 11) is 0. The van der Waals surface area contributed by atoms with Crippen molar-refractivity contribution in [1.29, 1.82) is 0 Å². The van der Waals surface area contributed by atoms with E-state index < -0.39 is 10.8 Å². The Morgan fingerprint density at radius 3 is 2.76 bits per heavy atom. The Labute approximate surface area is 102 Å². The van der Waals surface area contributed by atoms with Crippen molar-refractivity contribution in [2.24, 2.45) is 16.7 Å². The molecule has 3 atom stereocenters. The van der Waals surface area contributed by atoms with Crippen molar-refractivity contribution in [1.82, 2.24) is 0 Å². The summed E-state index contributed by atoms with van der Waals surface area (Å²) in [6.07, 6.45) is 8.20. The molecule has 0 aromatic carbocycles. The van der Waals surface area contributed by atoms with Crippen molar-refractivity contribution in [3.63, 3.8) is 0 Å². The van der Waals surface area contributed by atoms with Crippen LogP contribution < -0.4 is 0 Å². The first-order valence-electron chi connectivity index (χ1n) is 6.94. The summed E-state index contributed by atoms with van der Waals surface area (Å²) in [5.74, 6) is -0.00815. The predicted octanol–water partition coefficient (Wildman–Crippen LogP) is 2.83. The van der Waals surface area contributed by atoms with Crippen LogP contribution in [0.5, 0.6) is 0 Å². The quantitative estimate of drug-likeness (QED) is 0.559. The van der Waals surface area contributed by atoms with Gasteiger partial charge in [0.2, 0.25) is 0 Å². The molecule has 17 heavy (non-hydrogen) atoms. The molecule has 0 spiro atoms. The number of ether oxygens (including phenoxy) is 1. The van der Waals surface area contributed by atoms with Crippen molar-refractivity contribution < 1.29 is 14.3 Å². The van der Waals surface area contributed by atoms with Crippen LogP contribution in [-0.4, -0.2) is 11.9 Å². The summed E-state index contributed by atoms with van der Waals surface area (Å²) in [4.78, 5) is 24.1. The van der Waals surface area contributed by atoms with E-state index in [1.54, 1.807) is 0 Å². The van der Waals surface area contributed by atoms with Crippen LogP contribution in [0.3, 0.4) is 0 Å². The largest absolute Gasteiger partial charge is 0.392 e. The molecule has 0 amide bonds. The van der Waals surface area contributed by atoms with Crippen molar-refractivity contribution in [3.05, 3.63) is 0 Å². The van der Waals surface area contributed by atoms with E-state index in [1.165, 1.54) is 0 Å². The minimum atomic E-state index is -0.405. The Kier molecular flexibility index (Phi) is 2.36. The Morgan fingerprint density at radius 2 is 2.00 bits per heavy atom. The molecule has 3 aliphatic rings. The van der Waals surface area contributed by atoms with Gasteiger partial charge in [-0.2, -0.15) is 0 Å². The number of carbonyl (C=O) groups is 2. The Bertz CT molecular complexity index is 376. The summed E-state index contributed by atoms with van der Waals surface area (Å²) in [5.41, 5.74) is -0.807. The number of rotatable bonds is 3. The van der Waals surface area contributed by atoms with E-state index in [0.717, 1.165) is 51.4 Å². The van der Waals surface area contributed by atoms with Crippen LogP contribution in [0.1, 0.15) is 58.3 Å².